The lowest BCUT2D eigenvalue weighted by molar-refractivity contribution is -0.383. The Hall–Kier alpha value is -3.96. The molecule has 1 unspecified atom stereocenters. The van der Waals surface area contributed by atoms with Crippen molar-refractivity contribution in [2.45, 2.75) is 32.7 Å². The van der Waals surface area contributed by atoms with Crippen LogP contribution in [0.5, 0.6) is 0 Å². The molecule has 186 valence electrons. The minimum absolute atomic E-state index is 0.119. The van der Waals surface area contributed by atoms with Crippen molar-refractivity contribution in [2.24, 2.45) is 5.73 Å². The first-order valence-corrected chi connectivity index (χ1v) is 11.7. The van der Waals surface area contributed by atoms with Gasteiger partial charge < -0.3 is 25.8 Å². The number of anilines is 3. The van der Waals surface area contributed by atoms with Crippen molar-refractivity contribution in [3.63, 3.8) is 0 Å². The van der Waals surface area contributed by atoms with E-state index in [1.807, 2.05) is 4.90 Å². The number of piperazine rings is 1. The van der Waals surface area contributed by atoms with Crippen molar-refractivity contribution in [2.75, 3.05) is 54.0 Å². The molecule has 1 aromatic heterocycles. The molecule has 0 saturated carbocycles. The summed E-state index contributed by atoms with van der Waals surface area (Å²) >= 11 is 0. The summed E-state index contributed by atoms with van der Waals surface area (Å²) < 4.78 is 0. The minimum Gasteiger partial charge on any atom is -0.368 e. The molecule has 0 spiro atoms. The second-order valence-electron chi connectivity index (χ2n) is 8.90. The van der Waals surface area contributed by atoms with Crippen molar-refractivity contribution >= 4 is 34.8 Å². The van der Waals surface area contributed by atoms with Gasteiger partial charge in [0.15, 0.2) is 0 Å². The summed E-state index contributed by atoms with van der Waals surface area (Å²) in [6.07, 6.45) is 2.47. The average Bonchev–Trinajstić information content (AvgIpc) is 3.34. The molecular formula is C23H30N8O4. The van der Waals surface area contributed by atoms with Crippen LogP contribution in [0.15, 0.2) is 24.5 Å². The number of primary amides is 1. The lowest BCUT2D eigenvalue weighted by Crippen LogP contribution is -2.47. The van der Waals surface area contributed by atoms with Gasteiger partial charge in [0.05, 0.1) is 11.5 Å². The fourth-order valence-corrected chi connectivity index (χ4v) is 4.65. The van der Waals surface area contributed by atoms with Crippen LogP contribution in [0, 0.1) is 24.0 Å². The molecule has 12 heteroatoms. The number of carbonyl (C=O) groups excluding carboxylic acids is 2. The predicted molar refractivity (Wildman–Crippen MR) is 132 cm³/mol. The molecule has 0 aliphatic carbocycles. The van der Waals surface area contributed by atoms with E-state index in [4.69, 9.17) is 5.73 Å². The van der Waals surface area contributed by atoms with Gasteiger partial charge in [0.25, 0.3) is 0 Å². The fraction of sp³-hybridized carbons (Fsp3) is 0.478. The molecule has 0 bridgehead atoms. The van der Waals surface area contributed by atoms with Crippen molar-refractivity contribution in [3.05, 3.63) is 45.8 Å². The van der Waals surface area contributed by atoms with E-state index in [0.717, 1.165) is 5.69 Å². The van der Waals surface area contributed by atoms with Crippen LogP contribution in [0.25, 0.3) is 0 Å². The minimum atomic E-state index is -0.669. The Morgan fingerprint density at radius 3 is 2.43 bits per heavy atom. The third-order valence-corrected chi connectivity index (χ3v) is 6.67. The van der Waals surface area contributed by atoms with E-state index in [0.29, 0.717) is 45.6 Å². The van der Waals surface area contributed by atoms with Gasteiger partial charge in [-0.15, -0.1) is 0 Å². The van der Waals surface area contributed by atoms with Gasteiger partial charge >= 0.3 is 5.69 Å². The van der Waals surface area contributed by atoms with Crippen LogP contribution in [-0.2, 0) is 9.59 Å². The highest BCUT2D eigenvalue weighted by atomic mass is 16.6. The van der Waals surface area contributed by atoms with Gasteiger partial charge in [0, 0.05) is 38.4 Å². The molecule has 1 aromatic carbocycles. The standard InChI is InChI=1S/C23H30N8O4/c1-15-5-6-17(12-16(15)2)28-8-10-29(11-9-28)21-20(31(34)35)22(27-14-26-21)30-7-3-4-18(30)23(33)25-13-19(24)32/h5-6,12,14,18H,3-4,7-11,13H2,1-2H3,(H2,24,32)(H,25,33). The summed E-state index contributed by atoms with van der Waals surface area (Å²) in [4.78, 5) is 49.7. The highest BCUT2D eigenvalue weighted by molar-refractivity contribution is 5.90. The van der Waals surface area contributed by atoms with Gasteiger partial charge in [0.1, 0.15) is 12.4 Å². The van der Waals surface area contributed by atoms with Crippen molar-refractivity contribution in [1.29, 1.82) is 0 Å². The second kappa shape index (κ2) is 10.1. The maximum atomic E-state index is 12.6. The van der Waals surface area contributed by atoms with E-state index < -0.39 is 22.8 Å². The Labute approximate surface area is 203 Å². The lowest BCUT2D eigenvalue weighted by atomic mass is 10.1. The van der Waals surface area contributed by atoms with E-state index in [9.17, 15) is 19.7 Å². The number of carbonyl (C=O) groups is 2. The quantitative estimate of drug-likeness (QED) is 0.433. The van der Waals surface area contributed by atoms with E-state index in [1.54, 1.807) is 4.90 Å². The normalized spacial score (nSPS) is 18.0. The molecule has 2 aromatic rings. The van der Waals surface area contributed by atoms with Gasteiger partial charge in [-0.1, -0.05) is 6.07 Å². The number of amides is 2. The SMILES string of the molecule is Cc1ccc(N2CCN(c3ncnc(N4CCCC4C(=O)NCC(N)=O)c3[N+](=O)[O-])CC2)cc1C. The van der Waals surface area contributed by atoms with E-state index in [2.05, 4.69) is 52.2 Å². The summed E-state index contributed by atoms with van der Waals surface area (Å²) in [5.41, 5.74) is 8.51. The average molecular weight is 483 g/mol. The molecule has 35 heavy (non-hydrogen) atoms. The summed E-state index contributed by atoms with van der Waals surface area (Å²) in [7, 11) is 0. The Balaban J connectivity index is 1.55. The van der Waals surface area contributed by atoms with Gasteiger partial charge in [0.2, 0.25) is 23.5 Å². The van der Waals surface area contributed by atoms with Crippen molar-refractivity contribution < 1.29 is 14.5 Å². The molecule has 1 atom stereocenters. The van der Waals surface area contributed by atoms with Crippen LogP contribution in [0.3, 0.4) is 0 Å². The smallest absolute Gasteiger partial charge is 0.353 e. The molecule has 0 radical (unpaired) electrons. The third-order valence-electron chi connectivity index (χ3n) is 6.67. The monoisotopic (exact) mass is 482 g/mol. The summed E-state index contributed by atoms with van der Waals surface area (Å²) in [6.45, 7) is 6.83. The summed E-state index contributed by atoms with van der Waals surface area (Å²) in [5.74, 6) is -0.688. The molecule has 12 nitrogen and oxygen atoms in total. The maximum Gasteiger partial charge on any atom is 0.353 e. The van der Waals surface area contributed by atoms with Gasteiger partial charge in [-0.25, -0.2) is 9.97 Å². The molecule has 3 N–H and O–H groups in total. The summed E-state index contributed by atoms with van der Waals surface area (Å²) in [5, 5.41) is 14.7. The molecule has 4 rings (SSSR count). The predicted octanol–water partition coefficient (Wildman–Crippen LogP) is 0.899. The molecule has 2 aliphatic rings. The summed E-state index contributed by atoms with van der Waals surface area (Å²) in [6, 6.07) is 5.69. The number of aromatic nitrogens is 2. The van der Waals surface area contributed by atoms with Crippen LogP contribution < -0.4 is 25.8 Å². The molecule has 2 fully saturated rings. The zero-order valence-electron chi connectivity index (χ0n) is 19.9. The van der Waals surface area contributed by atoms with E-state index in [1.165, 1.54) is 17.5 Å². The Morgan fingerprint density at radius 1 is 1.09 bits per heavy atom. The van der Waals surface area contributed by atoms with Crippen molar-refractivity contribution in [3.8, 4) is 0 Å². The largest absolute Gasteiger partial charge is 0.368 e. The van der Waals surface area contributed by atoms with Crippen LogP contribution in [-0.4, -0.2) is 72.0 Å². The third kappa shape index (κ3) is 5.10. The highest BCUT2D eigenvalue weighted by Crippen LogP contribution is 2.38. The van der Waals surface area contributed by atoms with Gasteiger partial charge in [-0.3, -0.25) is 19.7 Å². The number of hydrogen-bond donors (Lipinski definition) is 2. The number of rotatable bonds is 7. The zero-order chi connectivity index (χ0) is 25.1. The van der Waals surface area contributed by atoms with E-state index in [-0.39, 0.29) is 23.9 Å². The number of nitrogens with zero attached hydrogens (tertiary/aromatic N) is 6. The highest BCUT2D eigenvalue weighted by Gasteiger charge is 2.38. The first kappa shape index (κ1) is 24.2. The van der Waals surface area contributed by atoms with Crippen LogP contribution >= 0.6 is 0 Å². The van der Waals surface area contributed by atoms with Crippen molar-refractivity contribution in [1.82, 2.24) is 15.3 Å². The lowest BCUT2D eigenvalue weighted by Gasteiger charge is -2.37. The Kier molecular flexibility index (Phi) is 6.99. The number of hydrogen-bond acceptors (Lipinski definition) is 9. The number of nitrogens with two attached hydrogens (primary N) is 1. The molecule has 2 saturated heterocycles. The molecule has 2 amide bonds. The molecule has 2 aliphatic heterocycles. The number of nitrogens with one attached hydrogen (secondary N) is 1. The first-order valence-electron chi connectivity index (χ1n) is 11.7. The zero-order valence-corrected chi connectivity index (χ0v) is 19.9. The molecular weight excluding hydrogens is 452 g/mol. The second-order valence-corrected chi connectivity index (χ2v) is 8.90. The topological polar surface area (TPSA) is 151 Å². The van der Waals surface area contributed by atoms with E-state index >= 15 is 0 Å². The first-order chi connectivity index (χ1) is 16.8. The Bertz CT molecular complexity index is 1130. The van der Waals surface area contributed by atoms with Crippen LogP contribution in [0.1, 0.15) is 24.0 Å². The maximum absolute atomic E-state index is 12.6. The fourth-order valence-electron chi connectivity index (χ4n) is 4.65. The number of aryl methyl sites for hydroxylation is 2. The number of benzene rings is 1. The van der Waals surface area contributed by atoms with Gasteiger partial charge in [-0.2, -0.15) is 0 Å². The Morgan fingerprint density at radius 2 is 1.77 bits per heavy atom. The van der Waals surface area contributed by atoms with Gasteiger partial charge in [-0.05, 0) is 49.9 Å². The number of nitro groups is 1. The van der Waals surface area contributed by atoms with Crippen LogP contribution in [0.2, 0.25) is 0 Å². The van der Waals surface area contributed by atoms with Crippen LogP contribution in [0.4, 0.5) is 23.0 Å². The molecule has 3 heterocycles.